The Bertz CT molecular complexity index is 860. The number of aryl methyl sites for hydroxylation is 1. The monoisotopic (exact) mass is 351 g/mol. The normalized spacial score (nSPS) is 11.8. The van der Waals surface area contributed by atoms with Crippen molar-refractivity contribution in [2.45, 2.75) is 32.7 Å². The van der Waals surface area contributed by atoms with E-state index in [0.717, 1.165) is 41.7 Å². The third-order valence-electron chi connectivity index (χ3n) is 4.18. The molecule has 0 fully saturated rings. The molecule has 0 aliphatic rings. The van der Waals surface area contributed by atoms with Crippen molar-refractivity contribution in [3.8, 4) is 0 Å². The first kappa shape index (κ1) is 19.4. The van der Waals surface area contributed by atoms with E-state index in [4.69, 9.17) is 10.2 Å². The third-order valence-corrected chi connectivity index (χ3v) is 4.18. The summed E-state index contributed by atoms with van der Waals surface area (Å²) in [7, 11) is 0. The molecule has 1 heterocycles. The second-order valence-electron chi connectivity index (χ2n) is 5.90. The molecule has 0 aliphatic heterocycles. The second kappa shape index (κ2) is 9.53. The van der Waals surface area contributed by atoms with Gasteiger partial charge in [0, 0.05) is 19.0 Å². The predicted octanol–water partition coefficient (Wildman–Crippen LogP) is 4.20. The minimum absolute atomic E-state index is 0.566. The number of benzene rings is 1. The lowest BCUT2D eigenvalue weighted by Gasteiger charge is -2.07. The summed E-state index contributed by atoms with van der Waals surface area (Å²) in [5.41, 5.74) is 5.67. The molecule has 2 rings (SSSR count). The molecule has 2 aromatic rings. The van der Waals surface area contributed by atoms with E-state index < -0.39 is 5.91 Å². The number of carbonyl (C=O) groups excluding carboxylic acids is 1. The van der Waals surface area contributed by atoms with Crippen molar-refractivity contribution in [3.63, 3.8) is 0 Å². The Morgan fingerprint density at radius 3 is 2.85 bits per heavy atom. The van der Waals surface area contributed by atoms with Crippen LogP contribution in [0.1, 0.15) is 31.2 Å². The van der Waals surface area contributed by atoms with Crippen LogP contribution >= 0.6 is 0 Å². The summed E-state index contributed by atoms with van der Waals surface area (Å²) in [6, 6.07) is 5.84. The average Bonchev–Trinajstić information content (AvgIpc) is 3.00. The Balaban J connectivity index is 2.34. The van der Waals surface area contributed by atoms with Crippen LogP contribution in [0.25, 0.3) is 17.1 Å². The Kier molecular flexibility index (Phi) is 7.12. The van der Waals surface area contributed by atoms with Crippen LogP contribution in [-0.2, 0) is 17.8 Å². The molecule has 26 heavy (non-hydrogen) atoms. The molecule has 0 atom stereocenters. The van der Waals surface area contributed by atoms with Crippen molar-refractivity contribution < 1.29 is 10.0 Å². The number of nitrogens with zero attached hydrogens (tertiary/aromatic N) is 2. The van der Waals surface area contributed by atoms with Gasteiger partial charge in [-0.05, 0) is 36.6 Å². The Morgan fingerprint density at radius 2 is 2.19 bits per heavy atom. The van der Waals surface area contributed by atoms with E-state index >= 15 is 0 Å². The third kappa shape index (κ3) is 4.80. The maximum absolute atomic E-state index is 11.1. The highest BCUT2D eigenvalue weighted by Crippen LogP contribution is 2.21. The van der Waals surface area contributed by atoms with Crippen molar-refractivity contribution in [3.05, 3.63) is 72.6 Å². The Hall–Kier alpha value is -2.92. The molecule has 0 saturated heterocycles. The van der Waals surface area contributed by atoms with E-state index in [1.807, 2.05) is 30.4 Å². The standard InChI is InChI=1S/C21H25N3O2/c1-4-7-16(6-3)9-12-20-22-18-15-17(10-13-21(25)23-26)8-11-19(18)24(20)14-5-2/h4-5,7-8,10-11,13,15,26H,1-2,6,9,12,14H2,3H3,(H,23,25)/b13-10+,16-7+. The first-order valence-electron chi connectivity index (χ1n) is 8.65. The highest BCUT2D eigenvalue weighted by Gasteiger charge is 2.10. The van der Waals surface area contributed by atoms with Crippen LogP contribution in [0.5, 0.6) is 0 Å². The molecular weight excluding hydrogens is 326 g/mol. The zero-order valence-electron chi connectivity index (χ0n) is 15.1. The summed E-state index contributed by atoms with van der Waals surface area (Å²) < 4.78 is 2.16. The van der Waals surface area contributed by atoms with Gasteiger partial charge < -0.3 is 4.57 Å². The molecule has 136 valence electrons. The Morgan fingerprint density at radius 1 is 1.38 bits per heavy atom. The number of hydroxylamine groups is 1. The number of rotatable bonds is 9. The SMILES string of the molecule is C=C/C=C(\CC)CCc1nc2cc(/C=C/C(=O)NO)ccc2n1CC=C. The first-order valence-corrected chi connectivity index (χ1v) is 8.65. The fourth-order valence-corrected chi connectivity index (χ4v) is 2.85. The number of nitrogens with one attached hydrogen (secondary N) is 1. The van der Waals surface area contributed by atoms with Gasteiger partial charge in [0.25, 0.3) is 5.91 Å². The van der Waals surface area contributed by atoms with Gasteiger partial charge in [-0.25, -0.2) is 10.5 Å². The van der Waals surface area contributed by atoms with E-state index in [1.165, 1.54) is 11.6 Å². The lowest BCUT2D eigenvalue weighted by molar-refractivity contribution is -0.124. The molecule has 0 aliphatic carbocycles. The second-order valence-corrected chi connectivity index (χ2v) is 5.90. The van der Waals surface area contributed by atoms with E-state index in [0.29, 0.717) is 6.54 Å². The lowest BCUT2D eigenvalue weighted by atomic mass is 10.1. The molecule has 0 unspecified atom stereocenters. The number of hydrogen-bond acceptors (Lipinski definition) is 3. The van der Waals surface area contributed by atoms with Crippen molar-refractivity contribution in [1.29, 1.82) is 0 Å². The van der Waals surface area contributed by atoms with Crippen LogP contribution in [0, 0.1) is 0 Å². The topological polar surface area (TPSA) is 67.2 Å². The maximum Gasteiger partial charge on any atom is 0.267 e. The smallest absolute Gasteiger partial charge is 0.267 e. The number of aromatic nitrogens is 2. The van der Waals surface area contributed by atoms with Crippen LogP contribution < -0.4 is 5.48 Å². The highest BCUT2D eigenvalue weighted by molar-refractivity contribution is 5.91. The van der Waals surface area contributed by atoms with Gasteiger partial charge in [-0.15, -0.1) is 6.58 Å². The summed E-state index contributed by atoms with van der Waals surface area (Å²) in [4.78, 5) is 15.9. The molecule has 0 bridgehead atoms. The van der Waals surface area contributed by atoms with Crippen LogP contribution in [0.2, 0.25) is 0 Å². The van der Waals surface area contributed by atoms with Crippen molar-refractivity contribution in [2.75, 3.05) is 0 Å². The van der Waals surface area contributed by atoms with E-state index in [-0.39, 0.29) is 0 Å². The molecule has 1 aromatic carbocycles. The number of carbonyl (C=O) groups is 1. The molecule has 5 heteroatoms. The molecule has 0 spiro atoms. The predicted molar refractivity (Wildman–Crippen MR) is 106 cm³/mol. The minimum Gasteiger partial charge on any atom is -0.324 e. The van der Waals surface area contributed by atoms with Crippen LogP contribution in [-0.4, -0.2) is 20.7 Å². The number of allylic oxidation sites excluding steroid dienone is 4. The summed E-state index contributed by atoms with van der Waals surface area (Å²) in [5, 5.41) is 8.56. The number of hydrogen-bond donors (Lipinski definition) is 2. The summed E-state index contributed by atoms with van der Waals surface area (Å²) in [6.45, 7) is 10.5. The van der Waals surface area contributed by atoms with Gasteiger partial charge in [0.2, 0.25) is 0 Å². The van der Waals surface area contributed by atoms with Crippen LogP contribution in [0.3, 0.4) is 0 Å². The van der Waals surface area contributed by atoms with E-state index in [9.17, 15) is 4.79 Å². The average molecular weight is 351 g/mol. The van der Waals surface area contributed by atoms with Crippen LogP contribution in [0.15, 0.2) is 61.2 Å². The van der Waals surface area contributed by atoms with Gasteiger partial charge in [0.1, 0.15) is 5.82 Å². The van der Waals surface area contributed by atoms with Gasteiger partial charge >= 0.3 is 0 Å². The zero-order chi connectivity index (χ0) is 18.9. The molecule has 5 nitrogen and oxygen atoms in total. The van der Waals surface area contributed by atoms with Gasteiger partial charge in [0.05, 0.1) is 11.0 Å². The molecular formula is C21H25N3O2. The maximum atomic E-state index is 11.1. The number of imidazole rings is 1. The fourth-order valence-electron chi connectivity index (χ4n) is 2.85. The largest absolute Gasteiger partial charge is 0.324 e. The van der Waals surface area contributed by atoms with Gasteiger partial charge in [-0.2, -0.15) is 0 Å². The Labute approximate surface area is 154 Å². The van der Waals surface area contributed by atoms with Crippen LogP contribution in [0.4, 0.5) is 0 Å². The number of fused-ring (bicyclic) bond motifs is 1. The summed E-state index contributed by atoms with van der Waals surface area (Å²) in [5.74, 6) is 0.446. The molecule has 0 radical (unpaired) electrons. The molecule has 1 aromatic heterocycles. The van der Waals surface area contributed by atoms with Crippen molar-refractivity contribution in [1.82, 2.24) is 15.0 Å². The molecule has 1 amide bonds. The molecule has 2 N–H and O–H groups in total. The summed E-state index contributed by atoms with van der Waals surface area (Å²) >= 11 is 0. The number of amides is 1. The van der Waals surface area contributed by atoms with Gasteiger partial charge in [0.15, 0.2) is 0 Å². The van der Waals surface area contributed by atoms with Gasteiger partial charge in [-0.3, -0.25) is 10.0 Å². The zero-order valence-corrected chi connectivity index (χ0v) is 15.1. The van der Waals surface area contributed by atoms with Gasteiger partial charge in [-0.1, -0.05) is 43.4 Å². The first-order chi connectivity index (χ1) is 12.6. The van der Waals surface area contributed by atoms with Crippen molar-refractivity contribution >= 4 is 23.0 Å². The fraction of sp³-hybridized carbons (Fsp3) is 0.238. The molecule has 0 saturated carbocycles. The van der Waals surface area contributed by atoms with E-state index in [2.05, 4.69) is 30.7 Å². The van der Waals surface area contributed by atoms with E-state index in [1.54, 1.807) is 11.6 Å². The quantitative estimate of drug-likeness (QED) is 0.234. The minimum atomic E-state index is -0.566. The highest BCUT2D eigenvalue weighted by atomic mass is 16.5. The lowest BCUT2D eigenvalue weighted by Crippen LogP contribution is -2.14. The summed E-state index contributed by atoms with van der Waals surface area (Å²) in [6.07, 6.45) is 11.4. The van der Waals surface area contributed by atoms with Crippen molar-refractivity contribution in [2.24, 2.45) is 0 Å².